The number of carbonyl (C=O) groups excluding carboxylic acids is 1. The van der Waals surface area contributed by atoms with E-state index in [2.05, 4.69) is 5.32 Å². The molecule has 0 aromatic carbocycles. The first-order valence-corrected chi connectivity index (χ1v) is 6.19. The van der Waals surface area contributed by atoms with Gasteiger partial charge in [-0.3, -0.25) is 4.79 Å². The Morgan fingerprint density at radius 1 is 1.35 bits per heavy atom. The zero-order chi connectivity index (χ0) is 12.6. The van der Waals surface area contributed by atoms with Gasteiger partial charge in [0.2, 0.25) is 5.91 Å². The molecule has 5 heteroatoms. The van der Waals surface area contributed by atoms with Crippen LogP contribution in [0.5, 0.6) is 0 Å². The molecule has 4 N–H and O–H groups in total. The molecule has 0 aromatic heterocycles. The zero-order valence-electron chi connectivity index (χ0n) is 11.2. The van der Waals surface area contributed by atoms with Crippen LogP contribution in [0.3, 0.4) is 0 Å². The van der Waals surface area contributed by atoms with E-state index in [0.29, 0.717) is 13.0 Å². The highest BCUT2D eigenvalue weighted by Gasteiger charge is 2.26. The number of nitrogens with one attached hydrogen (secondary N) is 1. The van der Waals surface area contributed by atoms with Crippen molar-refractivity contribution >= 4 is 18.3 Å². The van der Waals surface area contributed by atoms with E-state index in [9.17, 15) is 9.90 Å². The van der Waals surface area contributed by atoms with E-state index in [0.717, 1.165) is 19.3 Å². The van der Waals surface area contributed by atoms with Crippen LogP contribution in [0, 0.1) is 5.41 Å². The van der Waals surface area contributed by atoms with Crippen molar-refractivity contribution in [1.29, 1.82) is 0 Å². The molecule has 0 spiro atoms. The van der Waals surface area contributed by atoms with E-state index in [1.165, 1.54) is 0 Å². The SMILES string of the molecule is CCCC(N)C(=O)NCC(CC)(CC)CO.Cl. The highest BCUT2D eigenvalue weighted by Crippen LogP contribution is 2.24. The molecule has 0 fully saturated rings. The Morgan fingerprint density at radius 3 is 2.24 bits per heavy atom. The Labute approximate surface area is 111 Å². The predicted octanol–water partition coefficient (Wildman–Crippen LogP) is 1.45. The van der Waals surface area contributed by atoms with Gasteiger partial charge in [-0.25, -0.2) is 0 Å². The van der Waals surface area contributed by atoms with Gasteiger partial charge < -0.3 is 16.2 Å². The van der Waals surface area contributed by atoms with Gasteiger partial charge in [0.15, 0.2) is 0 Å². The van der Waals surface area contributed by atoms with E-state index < -0.39 is 6.04 Å². The Hall–Kier alpha value is -0.320. The lowest BCUT2D eigenvalue weighted by Crippen LogP contribution is -2.46. The fourth-order valence-corrected chi connectivity index (χ4v) is 1.63. The number of amides is 1. The number of hydrogen-bond acceptors (Lipinski definition) is 3. The molecule has 0 heterocycles. The van der Waals surface area contributed by atoms with Crippen LogP contribution in [0.1, 0.15) is 46.5 Å². The average molecular weight is 267 g/mol. The molecule has 0 aliphatic rings. The lowest BCUT2D eigenvalue weighted by Gasteiger charge is -2.30. The first kappa shape index (κ1) is 19.0. The first-order chi connectivity index (χ1) is 7.55. The Kier molecular flexibility index (Phi) is 10.8. The smallest absolute Gasteiger partial charge is 0.236 e. The number of halogens is 1. The number of nitrogens with two attached hydrogens (primary N) is 1. The molecule has 0 aromatic rings. The van der Waals surface area contributed by atoms with Crippen LogP contribution < -0.4 is 11.1 Å². The van der Waals surface area contributed by atoms with Gasteiger partial charge in [0.25, 0.3) is 0 Å². The highest BCUT2D eigenvalue weighted by molar-refractivity contribution is 5.85. The molecule has 0 aliphatic carbocycles. The van der Waals surface area contributed by atoms with Crippen molar-refractivity contribution in [3.63, 3.8) is 0 Å². The number of aliphatic hydroxyl groups is 1. The van der Waals surface area contributed by atoms with Gasteiger partial charge in [-0.1, -0.05) is 27.2 Å². The van der Waals surface area contributed by atoms with Gasteiger partial charge in [-0.2, -0.15) is 0 Å². The second-order valence-corrected chi connectivity index (χ2v) is 4.48. The molecule has 1 atom stereocenters. The van der Waals surface area contributed by atoms with Crippen LogP contribution in [0.4, 0.5) is 0 Å². The summed E-state index contributed by atoms with van der Waals surface area (Å²) in [5, 5.41) is 12.2. The van der Waals surface area contributed by atoms with Crippen LogP contribution >= 0.6 is 12.4 Å². The molecule has 4 nitrogen and oxygen atoms in total. The molecule has 0 radical (unpaired) electrons. The standard InChI is InChI=1S/C12H26N2O2.ClH/c1-4-7-10(13)11(16)14-8-12(5-2,6-3)9-15;/h10,15H,4-9,13H2,1-3H3,(H,14,16);1H. The van der Waals surface area contributed by atoms with E-state index >= 15 is 0 Å². The third-order valence-electron chi connectivity index (χ3n) is 3.41. The van der Waals surface area contributed by atoms with Crippen LogP contribution in [0.15, 0.2) is 0 Å². The average Bonchev–Trinajstić information content (AvgIpc) is 2.31. The van der Waals surface area contributed by atoms with Crippen LogP contribution in [0.25, 0.3) is 0 Å². The molecular weight excluding hydrogens is 240 g/mol. The van der Waals surface area contributed by atoms with Crippen molar-refractivity contribution in [3.8, 4) is 0 Å². The number of carbonyl (C=O) groups is 1. The summed E-state index contributed by atoms with van der Waals surface area (Å²) in [7, 11) is 0. The topological polar surface area (TPSA) is 75.4 Å². The van der Waals surface area contributed by atoms with Gasteiger partial charge in [-0.05, 0) is 19.3 Å². The van der Waals surface area contributed by atoms with Crippen molar-refractivity contribution in [2.45, 2.75) is 52.5 Å². The summed E-state index contributed by atoms with van der Waals surface area (Å²) >= 11 is 0. The summed E-state index contributed by atoms with van der Waals surface area (Å²) in [5.74, 6) is -0.110. The summed E-state index contributed by atoms with van der Waals surface area (Å²) < 4.78 is 0. The Morgan fingerprint density at radius 2 is 1.88 bits per heavy atom. The molecule has 0 saturated heterocycles. The van der Waals surface area contributed by atoms with Gasteiger partial charge in [0.05, 0.1) is 12.6 Å². The zero-order valence-corrected chi connectivity index (χ0v) is 12.0. The minimum absolute atomic E-state index is 0. The van der Waals surface area contributed by atoms with Gasteiger partial charge >= 0.3 is 0 Å². The normalized spacial score (nSPS) is 12.8. The number of hydrogen-bond donors (Lipinski definition) is 3. The van der Waals surface area contributed by atoms with Crippen molar-refractivity contribution in [1.82, 2.24) is 5.32 Å². The molecule has 104 valence electrons. The molecule has 0 saturated carbocycles. The summed E-state index contributed by atoms with van der Waals surface area (Å²) in [6.07, 6.45) is 3.31. The predicted molar refractivity (Wildman–Crippen MR) is 73.2 cm³/mol. The highest BCUT2D eigenvalue weighted by atomic mass is 35.5. The third-order valence-corrected chi connectivity index (χ3v) is 3.41. The molecule has 1 amide bonds. The lowest BCUT2D eigenvalue weighted by atomic mass is 9.83. The van der Waals surface area contributed by atoms with Crippen molar-refractivity contribution in [3.05, 3.63) is 0 Å². The van der Waals surface area contributed by atoms with E-state index in [4.69, 9.17) is 5.73 Å². The largest absolute Gasteiger partial charge is 0.396 e. The molecule has 0 rings (SSSR count). The van der Waals surface area contributed by atoms with Crippen LogP contribution in [-0.2, 0) is 4.79 Å². The van der Waals surface area contributed by atoms with Crippen molar-refractivity contribution < 1.29 is 9.90 Å². The monoisotopic (exact) mass is 266 g/mol. The minimum atomic E-state index is -0.421. The van der Waals surface area contributed by atoms with Gasteiger partial charge in [0, 0.05) is 12.0 Å². The Balaban J connectivity index is 0. The second kappa shape index (κ2) is 9.68. The number of aliphatic hydroxyl groups excluding tert-OH is 1. The Bertz CT molecular complexity index is 200. The van der Waals surface area contributed by atoms with E-state index in [-0.39, 0.29) is 30.3 Å². The minimum Gasteiger partial charge on any atom is -0.396 e. The number of rotatable bonds is 8. The maximum atomic E-state index is 11.6. The molecule has 1 unspecified atom stereocenters. The lowest BCUT2D eigenvalue weighted by molar-refractivity contribution is -0.123. The maximum absolute atomic E-state index is 11.6. The fraction of sp³-hybridized carbons (Fsp3) is 0.917. The molecule has 0 bridgehead atoms. The maximum Gasteiger partial charge on any atom is 0.236 e. The van der Waals surface area contributed by atoms with Crippen LogP contribution in [0.2, 0.25) is 0 Å². The second-order valence-electron chi connectivity index (χ2n) is 4.48. The summed E-state index contributed by atoms with van der Waals surface area (Å²) in [4.78, 5) is 11.6. The van der Waals surface area contributed by atoms with Crippen molar-refractivity contribution in [2.75, 3.05) is 13.2 Å². The quantitative estimate of drug-likeness (QED) is 0.622. The molecular formula is C12H27ClN2O2. The molecule has 0 aliphatic heterocycles. The van der Waals surface area contributed by atoms with Gasteiger partial charge in [-0.15, -0.1) is 12.4 Å². The van der Waals surface area contributed by atoms with E-state index in [1.807, 2.05) is 20.8 Å². The van der Waals surface area contributed by atoms with Gasteiger partial charge in [0.1, 0.15) is 0 Å². The summed E-state index contributed by atoms with van der Waals surface area (Å²) in [6, 6.07) is -0.421. The van der Waals surface area contributed by atoms with E-state index in [1.54, 1.807) is 0 Å². The first-order valence-electron chi connectivity index (χ1n) is 6.19. The third kappa shape index (κ3) is 6.24. The van der Waals surface area contributed by atoms with Crippen molar-refractivity contribution in [2.24, 2.45) is 11.1 Å². The summed E-state index contributed by atoms with van der Waals surface area (Å²) in [5.41, 5.74) is 5.51. The molecule has 17 heavy (non-hydrogen) atoms. The fourth-order valence-electron chi connectivity index (χ4n) is 1.63. The van der Waals surface area contributed by atoms with Crippen LogP contribution in [-0.4, -0.2) is 30.2 Å². The summed E-state index contributed by atoms with van der Waals surface area (Å²) in [6.45, 7) is 6.66.